The fourth-order valence-electron chi connectivity index (χ4n) is 4.49. The Labute approximate surface area is 192 Å². The van der Waals surface area contributed by atoms with E-state index in [0.717, 1.165) is 28.1 Å². The Morgan fingerprint density at radius 3 is 2.33 bits per heavy atom. The van der Waals surface area contributed by atoms with Crippen LogP contribution in [-0.2, 0) is 4.79 Å². The number of nitrogens with one attached hydrogen (secondary N) is 2. The van der Waals surface area contributed by atoms with Gasteiger partial charge in [-0.1, -0.05) is 66.2 Å². The van der Waals surface area contributed by atoms with E-state index < -0.39 is 6.04 Å². The van der Waals surface area contributed by atoms with E-state index in [1.54, 1.807) is 28.9 Å². The van der Waals surface area contributed by atoms with Crippen LogP contribution in [0.25, 0.3) is 5.69 Å². The van der Waals surface area contributed by atoms with E-state index in [0.29, 0.717) is 11.4 Å². The Morgan fingerprint density at radius 2 is 1.64 bits per heavy atom. The first-order valence-electron chi connectivity index (χ1n) is 10.9. The monoisotopic (exact) mass is 436 g/mol. The van der Waals surface area contributed by atoms with Crippen molar-refractivity contribution < 1.29 is 9.59 Å². The summed E-state index contributed by atoms with van der Waals surface area (Å²) in [6.45, 7) is 3.96. The van der Waals surface area contributed by atoms with Crippen molar-refractivity contribution >= 4 is 17.6 Å². The third-order valence-corrected chi connectivity index (χ3v) is 6.00. The van der Waals surface area contributed by atoms with Crippen molar-refractivity contribution in [3.63, 3.8) is 0 Å². The number of carbonyl (C=O) groups excluding carboxylic acids is 2. The predicted octanol–water partition coefficient (Wildman–Crippen LogP) is 4.37. The fourth-order valence-corrected chi connectivity index (χ4v) is 4.49. The van der Waals surface area contributed by atoms with Gasteiger partial charge in [-0.3, -0.25) is 9.59 Å². The number of hydrogen-bond acceptors (Lipinski definition) is 3. The summed E-state index contributed by atoms with van der Waals surface area (Å²) in [6, 6.07) is 25.9. The molecule has 1 aromatic heterocycles. The van der Waals surface area contributed by atoms with Gasteiger partial charge in [0.15, 0.2) is 0 Å². The molecule has 0 bridgehead atoms. The van der Waals surface area contributed by atoms with Gasteiger partial charge in [-0.05, 0) is 43.7 Å². The highest BCUT2D eigenvalue weighted by Gasteiger charge is 2.41. The Morgan fingerprint density at radius 1 is 0.939 bits per heavy atom. The van der Waals surface area contributed by atoms with Crippen molar-refractivity contribution in [1.82, 2.24) is 15.1 Å². The van der Waals surface area contributed by atoms with Crippen molar-refractivity contribution in [2.75, 3.05) is 5.32 Å². The lowest BCUT2D eigenvalue weighted by Gasteiger charge is -2.33. The molecule has 2 unspecified atom stereocenters. The van der Waals surface area contributed by atoms with Crippen molar-refractivity contribution in [1.29, 1.82) is 0 Å². The van der Waals surface area contributed by atoms with Gasteiger partial charge in [-0.2, -0.15) is 5.10 Å². The van der Waals surface area contributed by atoms with Crippen molar-refractivity contribution in [3.8, 4) is 5.69 Å². The largest absolute Gasteiger partial charge is 0.339 e. The van der Waals surface area contributed by atoms with Crippen molar-refractivity contribution in [2.24, 2.45) is 0 Å². The highest BCUT2D eigenvalue weighted by Crippen LogP contribution is 2.40. The van der Waals surface area contributed by atoms with Gasteiger partial charge in [0.2, 0.25) is 5.91 Å². The van der Waals surface area contributed by atoms with E-state index in [1.807, 2.05) is 68.4 Å². The smallest absolute Gasteiger partial charge is 0.251 e. The maximum atomic E-state index is 13.4. The summed E-state index contributed by atoms with van der Waals surface area (Å²) < 4.78 is 1.76. The van der Waals surface area contributed by atoms with Gasteiger partial charge in [0.25, 0.3) is 5.91 Å². The number of fused-ring (bicyclic) bond motifs is 1. The van der Waals surface area contributed by atoms with Crippen LogP contribution in [0.4, 0.5) is 5.82 Å². The zero-order valence-corrected chi connectivity index (χ0v) is 18.4. The summed E-state index contributed by atoms with van der Waals surface area (Å²) in [4.78, 5) is 26.4. The van der Waals surface area contributed by atoms with Crippen LogP contribution in [0.1, 0.15) is 38.7 Å². The summed E-state index contributed by atoms with van der Waals surface area (Å²) in [5, 5.41) is 10.8. The average Bonchev–Trinajstić information content (AvgIpc) is 3.16. The van der Waals surface area contributed by atoms with Gasteiger partial charge in [-0.25, -0.2) is 4.68 Å². The highest BCUT2D eigenvalue weighted by atomic mass is 16.2. The summed E-state index contributed by atoms with van der Waals surface area (Å²) in [5.41, 5.74) is 5.12. The highest BCUT2D eigenvalue weighted by molar-refractivity contribution is 6.04. The van der Waals surface area contributed by atoms with Crippen LogP contribution in [0.2, 0.25) is 0 Å². The minimum atomic E-state index is -0.779. The van der Waals surface area contributed by atoms with Crippen LogP contribution >= 0.6 is 0 Å². The first kappa shape index (κ1) is 20.7. The van der Waals surface area contributed by atoms with E-state index in [4.69, 9.17) is 5.10 Å². The lowest BCUT2D eigenvalue weighted by atomic mass is 9.81. The molecule has 2 amide bonds. The molecule has 0 aliphatic carbocycles. The molecule has 6 nitrogen and oxygen atoms in total. The average molecular weight is 437 g/mol. The van der Waals surface area contributed by atoms with Crippen molar-refractivity contribution in [2.45, 2.75) is 25.8 Å². The molecule has 33 heavy (non-hydrogen) atoms. The third kappa shape index (κ3) is 3.80. The second-order valence-electron chi connectivity index (χ2n) is 8.29. The van der Waals surface area contributed by atoms with Gasteiger partial charge in [-0.15, -0.1) is 0 Å². The van der Waals surface area contributed by atoms with E-state index in [-0.39, 0.29) is 17.7 Å². The fraction of sp³-hybridized carbons (Fsp3) is 0.148. The molecule has 0 spiro atoms. The summed E-state index contributed by atoms with van der Waals surface area (Å²) in [5.74, 6) is -0.292. The lowest BCUT2D eigenvalue weighted by molar-refractivity contribution is -0.118. The number of aryl methyl sites for hydroxylation is 2. The summed E-state index contributed by atoms with van der Waals surface area (Å²) >= 11 is 0. The van der Waals surface area contributed by atoms with Crippen LogP contribution in [-0.4, -0.2) is 27.6 Å². The number of carbonyl (C=O) groups is 2. The van der Waals surface area contributed by atoms with Gasteiger partial charge in [0.1, 0.15) is 11.9 Å². The molecule has 2 atom stereocenters. The van der Waals surface area contributed by atoms with Crippen LogP contribution in [0, 0.1) is 13.8 Å². The maximum Gasteiger partial charge on any atom is 0.251 e. The predicted molar refractivity (Wildman–Crippen MR) is 128 cm³/mol. The molecule has 2 heterocycles. The number of aromatic nitrogens is 2. The normalized spacial score (nSPS) is 17.2. The second-order valence-corrected chi connectivity index (χ2v) is 8.29. The number of benzene rings is 3. The van der Waals surface area contributed by atoms with E-state index in [1.165, 1.54) is 0 Å². The second kappa shape index (κ2) is 8.39. The summed E-state index contributed by atoms with van der Waals surface area (Å²) in [7, 11) is 0. The molecule has 164 valence electrons. The molecule has 5 rings (SSSR count). The molecule has 4 aromatic rings. The van der Waals surface area contributed by atoms with Crippen LogP contribution in [0.15, 0.2) is 84.9 Å². The van der Waals surface area contributed by atoms with Gasteiger partial charge in [0, 0.05) is 17.0 Å². The first-order valence-corrected chi connectivity index (χ1v) is 10.9. The minimum Gasteiger partial charge on any atom is -0.339 e. The number of para-hydroxylation sites is 1. The van der Waals surface area contributed by atoms with E-state index in [9.17, 15) is 9.59 Å². The van der Waals surface area contributed by atoms with Crippen molar-refractivity contribution in [3.05, 3.63) is 113 Å². The molecular formula is C27H24N4O2. The Hall–Kier alpha value is -4.19. The number of nitrogens with zero attached hydrogens (tertiary/aromatic N) is 2. The molecule has 6 heteroatoms. The van der Waals surface area contributed by atoms with Gasteiger partial charge < -0.3 is 10.6 Å². The van der Waals surface area contributed by atoms with Crippen LogP contribution < -0.4 is 10.6 Å². The SMILES string of the molecule is Cc1cccc(C2c3c(C)nn(-c4ccccc4)c3NC(=O)C2NC(=O)c2ccccc2)c1. The quantitative estimate of drug-likeness (QED) is 0.499. The molecule has 0 saturated heterocycles. The molecule has 1 aliphatic heterocycles. The zero-order chi connectivity index (χ0) is 22.9. The van der Waals surface area contributed by atoms with Crippen LogP contribution in [0.5, 0.6) is 0 Å². The van der Waals surface area contributed by atoms with E-state index >= 15 is 0 Å². The third-order valence-electron chi connectivity index (χ3n) is 6.00. The molecule has 0 saturated carbocycles. The Balaban J connectivity index is 1.64. The molecule has 1 aliphatic rings. The Bertz CT molecular complexity index is 1330. The maximum absolute atomic E-state index is 13.4. The number of rotatable bonds is 4. The first-order chi connectivity index (χ1) is 16.0. The molecule has 0 radical (unpaired) electrons. The zero-order valence-electron chi connectivity index (χ0n) is 18.4. The van der Waals surface area contributed by atoms with Gasteiger partial charge in [0.05, 0.1) is 11.4 Å². The molecular weight excluding hydrogens is 412 g/mol. The number of hydrogen-bond donors (Lipinski definition) is 2. The molecule has 0 fully saturated rings. The standard InChI is InChI=1S/C27H24N4O2/c1-17-10-9-13-20(16-17)23-22-18(2)30-31(21-14-7-4-8-15-21)25(22)29-27(33)24(23)28-26(32)19-11-5-3-6-12-19/h3-16,23-24H,1-2H3,(H,28,32)(H,29,33). The minimum absolute atomic E-state index is 0.268. The molecule has 2 N–H and O–H groups in total. The number of anilines is 1. The van der Waals surface area contributed by atoms with E-state index in [2.05, 4.69) is 16.7 Å². The Kier molecular flexibility index (Phi) is 5.26. The summed E-state index contributed by atoms with van der Waals surface area (Å²) in [6.07, 6.45) is 0. The number of amides is 2. The topological polar surface area (TPSA) is 76.0 Å². The molecule has 3 aromatic carbocycles. The lowest BCUT2D eigenvalue weighted by Crippen LogP contribution is -2.50. The van der Waals surface area contributed by atoms with Crippen LogP contribution in [0.3, 0.4) is 0 Å². The van der Waals surface area contributed by atoms with Gasteiger partial charge >= 0.3 is 0 Å².